The highest BCUT2D eigenvalue weighted by Gasteiger charge is 2.26. The fourth-order valence-electron chi connectivity index (χ4n) is 0.884. The van der Waals surface area contributed by atoms with E-state index in [4.69, 9.17) is 0 Å². The molecule has 0 bridgehead atoms. The second-order valence-corrected chi connectivity index (χ2v) is 4.22. The van der Waals surface area contributed by atoms with Crippen LogP contribution in [-0.2, 0) is 0 Å². The molecule has 0 spiro atoms. The van der Waals surface area contributed by atoms with Gasteiger partial charge < -0.3 is 0 Å². The molecule has 0 radical (unpaired) electrons. The van der Waals surface area contributed by atoms with Crippen LogP contribution >= 0.6 is 23.1 Å². The van der Waals surface area contributed by atoms with Gasteiger partial charge in [-0.15, -0.1) is 23.1 Å². The van der Waals surface area contributed by atoms with Crippen LogP contribution in [0.15, 0.2) is 10.4 Å². The molecule has 0 aliphatic heterocycles. The molecular weight excluding hydrogens is 162 g/mol. The van der Waals surface area contributed by atoms with Crippen molar-refractivity contribution in [1.82, 2.24) is 4.98 Å². The maximum absolute atomic E-state index is 4.47. The molecule has 1 aromatic rings. The van der Waals surface area contributed by atoms with Crippen molar-refractivity contribution in [3.8, 4) is 0 Å². The maximum atomic E-state index is 4.47. The van der Waals surface area contributed by atoms with Crippen LogP contribution in [0.25, 0.3) is 0 Å². The number of rotatable bonds is 2. The Kier molecular flexibility index (Phi) is 1.70. The highest BCUT2D eigenvalue weighted by molar-refractivity contribution is 7.98. The Hall–Kier alpha value is -0.0200. The van der Waals surface area contributed by atoms with Crippen LogP contribution in [0.3, 0.4) is 0 Å². The summed E-state index contributed by atoms with van der Waals surface area (Å²) in [6.07, 6.45) is 4.80. The summed E-state index contributed by atoms with van der Waals surface area (Å²) in [4.78, 5) is 4.47. The molecule has 54 valence electrons. The molecule has 0 unspecified atom stereocenters. The Morgan fingerprint density at radius 3 is 3.00 bits per heavy atom. The molecule has 2 rings (SSSR count). The van der Waals surface area contributed by atoms with Gasteiger partial charge >= 0.3 is 0 Å². The Morgan fingerprint density at radius 1 is 1.70 bits per heavy atom. The number of aromatic nitrogens is 1. The minimum Gasteiger partial charge on any atom is -0.235 e. The number of nitrogens with zero attached hydrogens (tertiary/aromatic N) is 1. The lowest BCUT2D eigenvalue weighted by Crippen LogP contribution is -1.74. The summed E-state index contributed by atoms with van der Waals surface area (Å²) in [5.74, 6) is 0.825. The van der Waals surface area contributed by atoms with E-state index in [1.165, 1.54) is 22.9 Å². The van der Waals surface area contributed by atoms with Crippen LogP contribution in [0.4, 0.5) is 0 Å². The lowest BCUT2D eigenvalue weighted by molar-refractivity contribution is 1.03. The molecule has 1 fully saturated rings. The van der Waals surface area contributed by atoms with Crippen molar-refractivity contribution in [2.75, 3.05) is 6.26 Å². The van der Waals surface area contributed by atoms with E-state index in [0.717, 1.165) is 5.92 Å². The van der Waals surface area contributed by atoms with E-state index in [0.29, 0.717) is 0 Å². The van der Waals surface area contributed by atoms with Gasteiger partial charge in [0, 0.05) is 11.3 Å². The van der Waals surface area contributed by atoms with Crippen LogP contribution in [0.5, 0.6) is 0 Å². The molecule has 1 nitrogen and oxygen atoms in total. The topological polar surface area (TPSA) is 12.9 Å². The van der Waals surface area contributed by atoms with Crippen molar-refractivity contribution in [1.29, 1.82) is 0 Å². The van der Waals surface area contributed by atoms with Crippen molar-refractivity contribution in [2.45, 2.75) is 23.8 Å². The summed E-state index contributed by atoms with van der Waals surface area (Å²) >= 11 is 3.55. The highest BCUT2D eigenvalue weighted by atomic mass is 32.2. The molecule has 0 N–H and O–H groups in total. The molecule has 3 heteroatoms. The maximum Gasteiger partial charge on any atom is 0.107 e. The van der Waals surface area contributed by atoms with Crippen LogP contribution < -0.4 is 0 Å². The predicted octanol–water partition coefficient (Wildman–Crippen LogP) is 2.74. The fraction of sp³-hybridized carbons (Fsp3) is 0.571. The van der Waals surface area contributed by atoms with Gasteiger partial charge in [0.1, 0.15) is 5.03 Å². The largest absolute Gasteiger partial charge is 0.235 e. The van der Waals surface area contributed by atoms with E-state index >= 15 is 0 Å². The van der Waals surface area contributed by atoms with E-state index < -0.39 is 0 Å². The third kappa shape index (κ3) is 1.20. The Morgan fingerprint density at radius 2 is 2.50 bits per heavy atom. The quantitative estimate of drug-likeness (QED) is 0.635. The SMILES string of the molecule is CSc1csc(C2CC2)n1. The molecular formula is C7H9NS2. The number of hydrogen-bond acceptors (Lipinski definition) is 3. The minimum absolute atomic E-state index is 0.825. The first-order chi connectivity index (χ1) is 4.90. The van der Waals surface area contributed by atoms with Gasteiger partial charge in [-0.3, -0.25) is 0 Å². The molecule has 1 aliphatic rings. The lowest BCUT2D eigenvalue weighted by Gasteiger charge is -1.84. The van der Waals surface area contributed by atoms with Crippen LogP contribution in [0.1, 0.15) is 23.8 Å². The average molecular weight is 171 g/mol. The van der Waals surface area contributed by atoms with Crippen LogP contribution in [0, 0.1) is 0 Å². The molecule has 10 heavy (non-hydrogen) atoms. The molecule has 1 heterocycles. The van der Waals surface area contributed by atoms with Gasteiger partial charge in [0.05, 0.1) is 5.01 Å². The molecule has 1 saturated carbocycles. The van der Waals surface area contributed by atoms with Crippen molar-refractivity contribution in [3.05, 3.63) is 10.4 Å². The van der Waals surface area contributed by atoms with Gasteiger partial charge in [-0.1, -0.05) is 0 Å². The average Bonchev–Trinajstić information content (AvgIpc) is 2.70. The zero-order valence-corrected chi connectivity index (χ0v) is 7.47. The van der Waals surface area contributed by atoms with E-state index in [1.807, 2.05) is 11.3 Å². The molecule has 0 atom stereocenters. The zero-order valence-electron chi connectivity index (χ0n) is 5.83. The Labute approximate surface area is 68.9 Å². The summed E-state index contributed by atoms with van der Waals surface area (Å²) in [5.41, 5.74) is 0. The first-order valence-electron chi connectivity index (χ1n) is 3.39. The van der Waals surface area contributed by atoms with Gasteiger partial charge in [0.2, 0.25) is 0 Å². The number of hydrogen-bond donors (Lipinski definition) is 0. The Balaban J connectivity index is 2.19. The van der Waals surface area contributed by atoms with Gasteiger partial charge in [-0.25, -0.2) is 4.98 Å². The number of thioether (sulfide) groups is 1. The molecule has 1 aromatic heterocycles. The number of thiazole rings is 1. The van der Waals surface area contributed by atoms with Gasteiger partial charge in [-0.05, 0) is 19.1 Å². The first kappa shape index (κ1) is 6.68. The molecule has 0 aromatic carbocycles. The fourth-order valence-corrected chi connectivity index (χ4v) is 2.51. The van der Waals surface area contributed by atoms with Crippen molar-refractivity contribution >= 4 is 23.1 Å². The molecule has 0 amide bonds. The van der Waals surface area contributed by atoms with Crippen LogP contribution in [0.2, 0.25) is 0 Å². The summed E-state index contributed by atoms with van der Waals surface area (Å²) in [6.45, 7) is 0. The molecule has 1 aliphatic carbocycles. The van der Waals surface area contributed by atoms with Crippen molar-refractivity contribution in [3.63, 3.8) is 0 Å². The van der Waals surface area contributed by atoms with E-state index in [9.17, 15) is 0 Å². The van der Waals surface area contributed by atoms with Gasteiger partial charge in [0.25, 0.3) is 0 Å². The normalized spacial score (nSPS) is 17.7. The monoisotopic (exact) mass is 171 g/mol. The summed E-state index contributed by atoms with van der Waals surface area (Å²) < 4.78 is 0. The van der Waals surface area contributed by atoms with Crippen molar-refractivity contribution < 1.29 is 0 Å². The smallest absolute Gasteiger partial charge is 0.107 e. The first-order valence-corrected chi connectivity index (χ1v) is 5.50. The summed E-state index contributed by atoms with van der Waals surface area (Å²) in [6, 6.07) is 0. The Bertz CT molecular complexity index is 227. The van der Waals surface area contributed by atoms with Crippen LogP contribution in [-0.4, -0.2) is 11.2 Å². The standard InChI is InChI=1S/C7H9NS2/c1-9-6-4-10-7(8-6)5-2-3-5/h4-5H,2-3H2,1H3. The van der Waals surface area contributed by atoms with E-state index in [2.05, 4.69) is 16.6 Å². The summed E-state index contributed by atoms with van der Waals surface area (Å²) in [5, 5.41) is 4.69. The third-order valence-electron chi connectivity index (χ3n) is 1.64. The highest BCUT2D eigenvalue weighted by Crippen LogP contribution is 2.42. The van der Waals surface area contributed by atoms with Gasteiger partial charge in [0.15, 0.2) is 0 Å². The third-order valence-corrected chi connectivity index (χ3v) is 3.42. The second-order valence-electron chi connectivity index (χ2n) is 2.50. The lowest BCUT2D eigenvalue weighted by atomic mass is 10.5. The zero-order chi connectivity index (χ0) is 6.97. The van der Waals surface area contributed by atoms with Crippen molar-refractivity contribution in [2.24, 2.45) is 0 Å². The van der Waals surface area contributed by atoms with E-state index in [1.54, 1.807) is 11.8 Å². The van der Waals surface area contributed by atoms with E-state index in [-0.39, 0.29) is 0 Å². The second kappa shape index (κ2) is 2.55. The predicted molar refractivity (Wildman–Crippen MR) is 45.9 cm³/mol. The molecule has 0 saturated heterocycles. The minimum atomic E-state index is 0.825. The van der Waals surface area contributed by atoms with Gasteiger partial charge in [-0.2, -0.15) is 0 Å². The summed E-state index contributed by atoms with van der Waals surface area (Å²) in [7, 11) is 0.